The molecule has 0 unspecified atom stereocenters. The summed E-state index contributed by atoms with van der Waals surface area (Å²) in [7, 11) is 0. The molecule has 26 heavy (non-hydrogen) atoms. The number of anilines is 1. The zero-order chi connectivity index (χ0) is 19.2. The SMILES string of the molecule is CCN(C(=O)CSCc1ccc(C#N)cc1)c1ccc(C(F)(F)F)cc1. The third kappa shape index (κ3) is 5.27. The van der Waals surface area contributed by atoms with E-state index in [9.17, 15) is 18.0 Å². The highest BCUT2D eigenvalue weighted by Crippen LogP contribution is 2.30. The quantitative estimate of drug-likeness (QED) is 0.721. The van der Waals surface area contributed by atoms with E-state index < -0.39 is 11.7 Å². The second-order valence-corrected chi connectivity index (χ2v) is 6.47. The number of hydrogen-bond donors (Lipinski definition) is 0. The Morgan fingerprint density at radius 1 is 1.12 bits per heavy atom. The predicted octanol–water partition coefficient (Wildman–Crippen LogP) is 4.86. The Hall–Kier alpha value is -2.46. The van der Waals surface area contributed by atoms with Crippen LogP contribution in [0.3, 0.4) is 0 Å². The van der Waals surface area contributed by atoms with Crippen LogP contribution in [0.1, 0.15) is 23.6 Å². The van der Waals surface area contributed by atoms with Gasteiger partial charge in [-0.3, -0.25) is 4.79 Å². The van der Waals surface area contributed by atoms with E-state index in [0.29, 0.717) is 23.5 Å². The normalized spacial score (nSPS) is 11.0. The molecule has 0 aliphatic heterocycles. The minimum Gasteiger partial charge on any atom is -0.312 e. The van der Waals surface area contributed by atoms with E-state index in [1.54, 1.807) is 19.1 Å². The average Bonchev–Trinajstić information content (AvgIpc) is 2.62. The number of nitriles is 1. The summed E-state index contributed by atoms with van der Waals surface area (Å²) in [6, 6.07) is 13.8. The third-order valence-corrected chi connectivity index (χ3v) is 4.69. The first kappa shape index (κ1) is 19.9. The van der Waals surface area contributed by atoms with Crippen LogP contribution < -0.4 is 4.90 Å². The van der Waals surface area contributed by atoms with E-state index in [1.165, 1.54) is 28.8 Å². The van der Waals surface area contributed by atoms with Gasteiger partial charge < -0.3 is 4.90 Å². The summed E-state index contributed by atoms with van der Waals surface area (Å²) < 4.78 is 37.9. The number of benzene rings is 2. The summed E-state index contributed by atoms with van der Waals surface area (Å²) in [5.41, 5.74) is 1.29. The van der Waals surface area contributed by atoms with Crippen molar-refractivity contribution in [3.63, 3.8) is 0 Å². The molecule has 0 saturated heterocycles. The fourth-order valence-corrected chi connectivity index (χ4v) is 3.20. The van der Waals surface area contributed by atoms with Crippen LogP contribution in [0.15, 0.2) is 48.5 Å². The smallest absolute Gasteiger partial charge is 0.312 e. The molecule has 0 atom stereocenters. The van der Waals surface area contributed by atoms with Crippen molar-refractivity contribution >= 4 is 23.4 Å². The van der Waals surface area contributed by atoms with Crippen molar-refractivity contribution in [2.45, 2.75) is 18.9 Å². The number of carbonyl (C=O) groups excluding carboxylic acids is 1. The van der Waals surface area contributed by atoms with Crippen molar-refractivity contribution in [2.75, 3.05) is 17.2 Å². The molecule has 0 fully saturated rings. The second kappa shape index (κ2) is 8.77. The molecule has 1 amide bonds. The predicted molar refractivity (Wildman–Crippen MR) is 96.8 cm³/mol. The molecular formula is C19H17F3N2OS. The largest absolute Gasteiger partial charge is 0.416 e. The molecular weight excluding hydrogens is 361 g/mol. The van der Waals surface area contributed by atoms with Crippen LogP contribution in [0.2, 0.25) is 0 Å². The van der Waals surface area contributed by atoms with Gasteiger partial charge in [0.15, 0.2) is 0 Å². The molecule has 2 aromatic rings. The highest BCUT2D eigenvalue weighted by atomic mass is 32.2. The van der Waals surface area contributed by atoms with Crippen LogP contribution >= 0.6 is 11.8 Å². The molecule has 2 aromatic carbocycles. The van der Waals surface area contributed by atoms with Gasteiger partial charge in [-0.05, 0) is 48.9 Å². The topological polar surface area (TPSA) is 44.1 Å². The van der Waals surface area contributed by atoms with Crippen LogP contribution in [0, 0.1) is 11.3 Å². The Kier molecular flexibility index (Phi) is 6.70. The van der Waals surface area contributed by atoms with Gasteiger partial charge in [-0.15, -0.1) is 11.8 Å². The molecule has 0 saturated carbocycles. The van der Waals surface area contributed by atoms with Crippen LogP contribution in [-0.4, -0.2) is 18.2 Å². The zero-order valence-electron chi connectivity index (χ0n) is 14.1. The summed E-state index contributed by atoms with van der Waals surface area (Å²) in [5.74, 6) is 0.669. The standard InChI is InChI=1S/C19H17F3N2OS/c1-2-24(17-9-7-16(8-10-17)19(20,21)22)18(25)13-26-12-15-5-3-14(11-23)4-6-15/h3-10H,2,12-13H2,1H3. The number of halogens is 3. The van der Waals surface area contributed by atoms with Gasteiger partial charge in [0.05, 0.1) is 22.9 Å². The van der Waals surface area contributed by atoms with Crippen molar-refractivity contribution in [3.8, 4) is 6.07 Å². The van der Waals surface area contributed by atoms with E-state index >= 15 is 0 Å². The van der Waals surface area contributed by atoms with Gasteiger partial charge in [0.2, 0.25) is 5.91 Å². The maximum Gasteiger partial charge on any atom is 0.416 e. The van der Waals surface area contributed by atoms with Gasteiger partial charge in [0.1, 0.15) is 0 Å². The van der Waals surface area contributed by atoms with Crippen LogP contribution in [-0.2, 0) is 16.7 Å². The lowest BCUT2D eigenvalue weighted by molar-refractivity contribution is -0.137. The van der Waals surface area contributed by atoms with E-state index in [4.69, 9.17) is 5.26 Å². The number of rotatable bonds is 6. The lowest BCUT2D eigenvalue weighted by Crippen LogP contribution is -2.32. The Bertz CT molecular complexity index is 780. The molecule has 0 heterocycles. The maximum absolute atomic E-state index is 12.6. The summed E-state index contributed by atoms with van der Waals surface area (Å²) in [4.78, 5) is 13.9. The fourth-order valence-electron chi connectivity index (χ4n) is 2.34. The van der Waals surface area contributed by atoms with Crippen LogP contribution in [0.25, 0.3) is 0 Å². The van der Waals surface area contributed by atoms with Crippen LogP contribution in [0.5, 0.6) is 0 Å². The highest BCUT2D eigenvalue weighted by molar-refractivity contribution is 7.99. The summed E-state index contributed by atoms with van der Waals surface area (Å²) >= 11 is 1.42. The van der Waals surface area contributed by atoms with Gasteiger partial charge >= 0.3 is 6.18 Å². The number of nitrogens with zero attached hydrogens (tertiary/aromatic N) is 2. The highest BCUT2D eigenvalue weighted by Gasteiger charge is 2.30. The van der Waals surface area contributed by atoms with E-state index in [1.807, 2.05) is 18.2 Å². The van der Waals surface area contributed by atoms with Crippen LogP contribution in [0.4, 0.5) is 18.9 Å². The van der Waals surface area contributed by atoms with Crippen molar-refractivity contribution in [2.24, 2.45) is 0 Å². The Balaban J connectivity index is 1.94. The van der Waals surface area contributed by atoms with Gasteiger partial charge in [0.25, 0.3) is 0 Å². The lowest BCUT2D eigenvalue weighted by Gasteiger charge is -2.21. The van der Waals surface area contributed by atoms with Crippen molar-refractivity contribution in [3.05, 3.63) is 65.2 Å². The first-order valence-electron chi connectivity index (χ1n) is 7.89. The number of alkyl halides is 3. The van der Waals surface area contributed by atoms with Gasteiger partial charge in [-0.1, -0.05) is 12.1 Å². The second-order valence-electron chi connectivity index (χ2n) is 5.48. The number of thioether (sulfide) groups is 1. The Morgan fingerprint density at radius 3 is 2.23 bits per heavy atom. The van der Waals surface area contributed by atoms with E-state index in [-0.39, 0.29) is 11.7 Å². The summed E-state index contributed by atoms with van der Waals surface area (Å²) in [6.45, 7) is 2.16. The molecule has 0 N–H and O–H groups in total. The molecule has 0 bridgehead atoms. The lowest BCUT2D eigenvalue weighted by atomic mass is 10.2. The Morgan fingerprint density at radius 2 is 1.73 bits per heavy atom. The van der Waals surface area contributed by atoms with Gasteiger partial charge in [-0.2, -0.15) is 18.4 Å². The molecule has 136 valence electrons. The first-order chi connectivity index (χ1) is 12.3. The average molecular weight is 378 g/mol. The molecule has 2 rings (SSSR count). The maximum atomic E-state index is 12.6. The van der Waals surface area contributed by atoms with E-state index in [2.05, 4.69) is 0 Å². The molecule has 3 nitrogen and oxygen atoms in total. The first-order valence-corrected chi connectivity index (χ1v) is 9.05. The number of amides is 1. The Labute approximate surface area is 154 Å². The molecule has 0 aliphatic carbocycles. The van der Waals surface area contributed by atoms with Gasteiger partial charge in [0, 0.05) is 18.0 Å². The van der Waals surface area contributed by atoms with Crippen molar-refractivity contribution < 1.29 is 18.0 Å². The molecule has 0 radical (unpaired) electrons. The summed E-state index contributed by atoms with van der Waals surface area (Å²) in [6.07, 6.45) is -4.39. The van der Waals surface area contributed by atoms with Crippen molar-refractivity contribution in [1.82, 2.24) is 0 Å². The zero-order valence-corrected chi connectivity index (χ0v) is 14.9. The molecule has 0 aliphatic rings. The molecule has 0 spiro atoms. The van der Waals surface area contributed by atoms with E-state index in [0.717, 1.165) is 17.7 Å². The molecule has 7 heteroatoms. The minimum absolute atomic E-state index is 0.161. The minimum atomic E-state index is -4.39. The molecule has 0 aromatic heterocycles. The van der Waals surface area contributed by atoms with Gasteiger partial charge in [-0.25, -0.2) is 0 Å². The summed E-state index contributed by atoms with van der Waals surface area (Å²) in [5, 5.41) is 8.77. The number of carbonyl (C=O) groups is 1. The van der Waals surface area contributed by atoms with Crippen molar-refractivity contribution in [1.29, 1.82) is 5.26 Å². The number of hydrogen-bond acceptors (Lipinski definition) is 3. The fraction of sp³-hybridized carbons (Fsp3) is 0.263. The third-order valence-electron chi connectivity index (χ3n) is 3.70. The monoisotopic (exact) mass is 378 g/mol.